The van der Waals surface area contributed by atoms with E-state index < -0.39 is 18.1 Å². The predicted molar refractivity (Wildman–Crippen MR) is 198 cm³/mol. The van der Waals surface area contributed by atoms with Crippen molar-refractivity contribution in [2.75, 3.05) is 6.54 Å². The lowest BCUT2D eigenvalue weighted by Crippen LogP contribution is -2.52. The number of amides is 2. The second kappa shape index (κ2) is 15.3. The first-order valence-electron chi connectivity index (χ1n) is 18.0. The molecule has 50 heavy (non-hydrogen) atoms. The van der Waals surface area contributed by atoms with Crippen LogP contribution in [-0.2, 0) is 21.4 Å². The Morgan fingerprint density at radius 2 is 1.54 bits per heavy atom. The van der Waals surface area contributed by atoms with Gasteiger partial charge >= 0.3 is 5.97 Å². The highest BCUT2D eigenvalue weighted by molar-refractivity contribution is 7.14. The Morgan fingerprint density at radius 1 is 0.880 bits per heavy atom. The summed E-state index contributed by atoms with van der Waals surface area (Å²) in [5.41, 5.74) is 5.05. The minimum absolute atomic E-state index is 0.104. The van der Waals surface area contributed by atoms with Gasteiger partial charge in [0.1, 0.15) is 12.1 Å². The molecule has 2 N–H and O–H groups in total. The third kappa shape index (κ3) is 8.15. The molecule has 1 aliphatic carbocycles. The number of likely N-dealkylation sites (tertiary alicyclic amines) is 1. The summed E-state index contributed by atoms with van der Waals surface area (Å²) in [5.74, 6) is 0.399. The van der Waals surface area contributed by atoms with E-state index >= 15 is 0 Å². The van der Waals surface area contributed by atoms with E-state index in [-0.39, 0.29) is 23.7 Å². The Hall–Kier alpha value is -4.37. The molecule has 1 unspecified atom stereocenters. The number of aromatic nitrogens is 2. The van der Waals surface area contributed by atoms with Gasteiger partial charge in [0.2, 0.25) is 5.91 Å². The van der Waals surface area contributed by atoms with Gasteiger partial charge in [-0.1, -0.05) is 82.6 Å². The van der Waals surface area contributed by atoms with Crippen molar-refractivity contribution in [3.05, 3.63) is 93.9 Å². The van der Waals surface area contributed by atoms with Crippen molar-refractivity contribution in [1.82, 2.24) is 20.2 Å². The fraction of sp³-hybridized carbons (Fsp3) is 0.439. The second-order valence-electron chi connectivity index (χ2n) is 14.9. The van der Waals surface area contributed by atoms with E-state index in [4.69, 9.17) is 0 Å². The lowest BCUT2D eigenvalue weighted by atomic mass is 9.78. The number of thiophene rings is 1. The number of carbonyl (C=O) groups is 3. The number of nitrogens with one attached hydrogen (secondary N) is 1. The van der Waals surface area contributed by atoms with Crippen LogP contribution in [-0.4, -0.2) is 56.4 Å². The highest BCUT2D eigenvalue weighted by Gasteiger charge is 2.38. The average molecular weight is 693 g/mol. The number of hydrogen-bond acceptors (Lipinski definition) is 6. The van der Waals surface area contributed by atoms with Crippen molar-refractivity contribution in [3.8, 4) is 22.5 Å². The number of rotatable bonds is 10. The van der Waals surface area contributed by atoms with Crippen molar-refractivity contribution in [2.24, 2.45) is 5.92 Å². The smallest absolute Gasteiger partial charge is 0.326 e. The van der Waals surface area contributed by atoms with Crippen LogP contribution in [0.15, 0.2) is 73.1 Å². The number of carbonyl (C=O) groups excluding carboxylic acids is 2. The largest absolute Gasteiger partial charge is 0.480 e. The van der Waals surface area contributed by atoms with Crippen molar-refractivity contribution in [2.45, 2.75) is 102 Å². The molecule has 2 aliphatic rings. The predicted octanol–water partition coefficient (Wildman–Crippen LogP) is 8.27. The summed E-state index contributed by atoms with van der Waals surface area (Å²) in [4.78, 5) is 51.4. The van der Waals surface area contributed by atoms with Crippen molar-refractivity contribution in [3.63, 3.8) is 0 Å². The van der Waals surface area contributed by atoms with E-state index in [1.165, 1.54) is 53.9 Å². The highest BCUT2D eigenvalue weighted by Crippen LogP contribution is 2.37. The van der Waals surface area contributed by atoms with E-state index in [2.05, 4.69) is 67.2 Å². The van der Waals surface area contributed by atoms with Gasteiger partial charge in [0.25, 0.3) is 5.91 Å². The molecule has 0 radical (unpaired) electrons. The molecule has 1 saturated heterocycles. The van der Waals surface area contributed by atoms with Gasteiger partial charge in [-0.25, -0.2) is 14.8 Å². The van der Waals surface area contributed by atoms with E-state index in [0.717, 1.165) is 33.0 Å². The van der Waals surface area contributed by atoms with E-state index in [1.807, 2.05) is 42.7 Å². The van der Waals surface area contributed by atoms with Crippen LogP contribution in [0.2, 0.25) is 0 Å². The SMILES string of the molecule is CCC1CCC(c2ccc(-c3cnc(-c4ccc(CC(NC(=O)c5ccc(C(C)(C)C)s5)C(=O)N5CCC[C@H]5C(=O)O)cc4)nc3)cc2)CC1. The highest BCUT2D eigenvalue weighted by atomic mass is 32.1. The van der Waals surface area contributed by atoms with Crippen molar-refractivity contribution >= 4 is 29.1 Å². The monoisotopic (exact) mass is 692 g/mol. The number of carboxylic acid groups (broad SMARTS) is 1. The quantitative estimate of drug-likeness (QED) is 0.173. The zero-order valence-electron chi connectivity index (χ0n) is 29.5. The third-order valence-corrected chi connectivity index (χ3v) is 11.9. The maximum absolute atomic E-state index is 13.8. The van der Waals surface area contributed by atoms with E-state index in [9.17, 15) is 19.5 Å². The van der Waals surface area contributed by atoms with Crippen LogP contribution < -0.4 is 5.32 Å². The molecule has 3 heterocycles. The molecule has 2 aromatic heterocycles. The molecule has 6 rings (SSSR count). The van der Waals surface area contributed by atoms with Crippen LogP contribution in [0.4, 0.5) is 0 Å². The van der Waals surface area contributed by atoms with Gasteiger partial charge in [-0.15, -0.1) is 11.3 Å². The number of carboxylic acids is 1. The van der Waals surface area contributed by atoms with Gasteiger partial charge in [0.15, 0.2) is 5.82 Å². The molecule has 9 heteroatoms. The molecule has 4 aromatic rings. The second-order valence-corrected chi connectivity index (χ2v) is 16.0. The minimum Gasteiger partial charge on any atom is -0.480 e. The van der Waals surface area contributed by atoms with Crippen LogP contribution in [0.1, 0.15) is 104 Å². The topological polar surface area (TPSA) is 112 Å². The lowest BCUT2D eigenvalue weighted by molar-refractivity contribution is -0.148. The minimum atomic E-state index is -1.02. The maximum Gasteiger partial charge on any atom is 0.326 e. The summed E-state index contributed by atoms with van der Waals surface area (Å²) in [7, 11) is 0. The molecule has 0 bridgehead atoms. The van der Waals surface area contributed by atoms with Gasteiger partial charge in [-0.05, 0) is 84.6 Å². The van der Waals surface area contributed by atoms with Crippen LogP contribution in [0.25, 0.3) is 22.5 Å². The molecule has 1 aliphatic heterocycles. The molecule has 2 fully saturated rings. The number of benzene rings is 2. The van der Waals surface area contributed by atoms with Crippen LogP contribution >= 0.6 is 11.3 Å². The van der Waals surface area contributed by atoms with E-state index in [1.54, 1.807) is 6.07 Å². The summed E-state index contributed by atoms with van der Waals surface area (Å²) >= 11 is 1.41. The molecule has 2 atom stereocenters. The maximum atomic E-state index is 13.8. The normalized spacial score (nSPS) is 20.0. The zero-order chi connectivity index (χ0) is 35.4. The van der Waals surface area contributed by atoms with Gasteiger partial charge in [-0.2, -0.15) is 0 Å². The molecular formula is C41H48N4O4S. The summed E-state index contributed by atoms with van der Waals surface area (Å²) in [6.45, 7) is 8.92. The summed E-state index contributed by atoms with van der Waals surface area (Å²) in [5, 5.41) is 12.7. The molecular weight excluding hydrogens is 645 g/mol. The first-order chi connectivity index (χ1) is 24.0. The Labute approximate surface area is 299 Å². The third-order valence-electron chi connectivity index (χ3n) is 10.4. The number of aliphatic carboxylic acids is 1. The molecule has 2 amide bonds. The van der Waals surface area contributed by atoms with E-state index in [0.29, 0.717) is 36.0 Å². The average Bonchev–Trinajstić information content (AvgIpc) is 3.83. The standard InChI is InChI=1S/C41H48N4O4S/c1-5-26-8-12-28(13-9-26)29-16-18-30(19-17-29)32-24-42-37(43-25-32)31-14-10-27(11-15-31)23-33(39(47)45-22-6-7-34(45)40(48)49)44-38(46)35-20-21-36(50-35)41(2,3)4/h10-11,14-21,24-26,28,33-34H,5-9,12-13,22-23H2,1-4H3,(H,44,46)(H,48,49)/t26?,28?,33?,34-/m0/s1. The first kappa shape index (κ1) is 35.5. The van der Waals surface area contributed by atoms with Crippen LogP contribution in [0.3, 0.4) is 0 Å². The fourth-order valence-corrected chi connectivity index (χ4v) is 8.25. The zero-order valence-corrected chi connectivity index (χ0v) is 30.3. The van der Waals surface area contributed by atoms with Crippen molar-refractivity contribution in [1.29, 1.82) is 0 Å². The number of nitrogens with zero attached hydrogens (tertiary/aromatic N) is 3. The van der Waals surface area contributed by atoms with Crippen LogP contribution in [0, 0.1) is 5.92 Å². The van der Waals surface area contributed by atoms with Gasteiger partial charge in [-0.3, -0.25) is 9.59 Å². The Balaban J connectivity index is 1.14. The molecule has 1 saturated carbocycles. The number of hydrogen-bond donors (Lipinski definition) is 2. The lowest BCUT2D eigenvalue weighted by Gasteiger charge is -2.28. The Kier molecular flexibility index (Phi) is 10.8. The molecule has 262 valence electrons. The molecule has 2 aromatic carbocycles. The Bertz CT molecular complexity index is 1790. The van der Waals surface area contributed by atoms with Crippen molar-refractivity contribution < 1.29 is 19.5 Å². The van der Waals surface area contributed by atoms with Gasteiger partial charge < -0.3 is 15.3 Å². The fourth-order valence-electron chi connectivity index (χ4n) is 7.28. The molecule has 0 spiro atoms. The van der Waals surface area contributed by atoms with Crippen LogP contribution in [0.5, 0.6) is 0 Å². The summed E-state index contributed by atoms with van der Waals surface area (Å²) < 4.78 is 0. The van der Waals surface area contributed by atoms with Gasteiger partial charge in [0.05, 0.1) is 4.88 Å². The summed E-state index contributed by atoms with van der Waals surface area (Å²) in [6.07, 6.45) is 11.4. The Morgan fingerprint density at radius 3 is 2.14 bits per heavy atom. The first-order valence-corrected chi connectivity index (χ1v) is 18.8. The summed E-state index contributed by atoms with van der Waals surface area (Å²) in [6, 6.07) is 18.4. The van der Waals surface area contributed by atoms with Gasteiger partial charge in [0, 0.05) is 41.4 Å². The molecule has 8 nitrogen and oxygen atoms in total.